The number of nitrogens with one attached hydrogen (secondary N) is 13. The fourth-order valence-electron chi connectivity index (χ4n) is 11.8. The summed E-state index contributed by atoms with van der Waals surface area (Å²) in [5.74, 6) is -29.3. The van der Waals surface area contributed by atoms with Crippen LogP contribution in [0.4, 0.5) is 0 Å². The maximum absolute atomic E-state index is 15.0. The van der Waals surface area contributed by atoms with Crippen molar-refractivity contribution in [2.45, 2.75) is 235 Å². The Bertz CT molecular complexity index is 3820. The molecule has 1 aliphatic heterocycles. The number of aromatic nitrogens is 1. The number of carboxylic acids is 3. The predicted molar refractivity (Wildman–Crippen MR) is 400 cm³/mol. The van der Waals surface area contributed by atoms with Crippen molar-refractivity contribution in [3.05, 3.63) is 36.0 Å². The molecule has 1 aromatic carbocycles. The average Bonchev–Trinajstić information content (AvgIpc) is 1.77. The number of aromatic amines is 1. The third-order valence-electron chi connectivity index (χ3n) is 18.3. The Balaban J connectivity index is 2.27. The molecular formula is C71H108N18O26. The van der Waals surface area contributed by atoms with Crippen LogP contribution in [-0.2, 0) is 112 Å². The summed E-state index contributed by atoms with van der Waals surface area (Å²) in [7, 11) is 1.70. The number of benzene rings is 1. The molecule has 44 heteroatoms. The van der Waals surface area contributed by atoms with Gasteiger partial charge in [0.15, 0.2) is 12.2 Å². The molecular weight excluding hydrogens is 1520 g/mol. The standard InChI is InChI=1S/C71H108N18O26/c1-8-10-11-12-13-14-15-23-48(92)79-42(27-37-31-76-39-21-17-16-20-38(37)39)63(104)84-44(29-47(74)91)66(107)87-55(57(99)59(75)100)68(109)86-54-36(5)115-71(113)53(34(3)9-2)85-62(103)41(24-25-51(95)96)82-64(105)43(28-46(73)90)80-49(93)32-77-67(108)56(58(114-7)70(111)112)88-61(102)40(22-18-19-26-72)81-65(106)45(30-52(97)98)83-60(101)35(4)78-50(94)33-89(6)69(54)110/h16-17,20-21,31,34-36,40-45,53-58,76,99H,8-15,18-19,22-30,32-33,72H2,1-7H3,(H2,73,90)(H2,74,91)(H2,75,100)(H,77,108)(H,78,94)(H,79,92)(H,80,93)(H,81,106)(H,82,105)(H,83,101)(H,84,104)(H,85,103)(H,86,109)(H,87,107)(H,88,102)(H,95,96)(H,97,98)(H,111,112). The normalized spacial score (nSPS) is 21.9. The van der Waals surface area contributed by atoms with Gasteiger partial charge in [-0.05, 0) is 70.0 Å². The van der Waals surface area contributed by atoms with Crippen LogP contribution in [-0.4, -0.2) is 267 Å². The minimum Gasteiger partial charge on any atom is -0.481 e. The van der Waals surface area contributed by atoms with Crippen LogP contribution < -0.4 is 86.7 Å². The highest BCUT2D eigenvalue weighted by Crippen LogP contribution is 2.21. The Labute approximate surface area is 660 Å². The van der Waals surface area contributed by atoms with Gasteiger partial charge in [0.25, 0.3) is 0 Å². The van der Waals surface area contributed by atoms with E-state index in [1.165, 1.54) is 13.8 Å². The van der Waals surface area contributed by atoms with E-state index in [1.54, 1.807) is 30.5 Å². The fourth-order valence-corrected chi connectivity index (χ4v) is 11.8. The lowest BCUT2D eigenvalue weighted by Gasteiger charge is -2.32. The molecule has 1 saturated heterocycles. The van der Waals surface area contributed by atoms with E-state index >= 15 is 0 Å². The van der Waals surface area contributed by atoms with Gasteiger partial charge in [-0.3, -0.25) is 86.3 Å². The van der Waals surface area contributed by atoms with Gasteiger partial charge in [0.2, 0.25) is 94.5 Å². The molecule has 0 saturated carbocycles. The summed E-state index contributed by atoms with van der Waals surface area (Å²) in [6.45, 7) is 4.53. The molecule has 1 aliphatic rings. The van der Waals surface area contributed by atoms with Crippen LogP contribution in [0, 0.1) is 5.92 Å². The summed E-state index contributed by atoms with van der Waals surface area (Å²) in [5.41, 5.74) is 23.3. The highest BCUT2D eigenvalue weighted by Gasteiger charge is 2.44. The number of fused-ring (bicyclic) bond motifs is 1. The third-order valence-corrected chi connectivity index (χ3v) is 18.3. The molecule has 0 bridgehead atoms. The van der Waals surface area contributed by atoms with E-state index in [0.29, 0.717) is 34.2 Å². The summed E-state index contributed by atoms with van der Waals surface area (Å²) >= 11 is 0. The number of nitrogens with zero attached hydrogens (tertiary/aromatic N) is 1. The Morgan fingerprint density at radius 2 is 1.21 bits per heavy atom. The van der Waals surface area contributed by atoms with Crippen molar-refractivity contribution in [2.24, 2.45) is 28.9 Å². The van der Waals surface area contributed by atoms with Gasteiger partial charge < -0.3 is 127 Å². The number of nitrogens with two attached hydrogens (primary N) is 4. The lowest BCUT2D eigenvalue weighted by atomic mass is 9.98. The molecule has 0 aliphatic carbocycles. The second-order valence-corrected chi connectivity index (χ2v) is 27.6. The van der Waals surface area contributed by atoms with Crippen molar-refractivity contribution < 1.29 is 126 Å². The fraction of sp³-hybridized carbons (Fsp3) is 0.606. The van der Waals surface area contributed by atoms with Crippen molar-refractivity contribution in [3.8, 4) is 0 Å². The number of esters is 1. The molecule has 15 unspecified atom stereocenters. The molecule has 16 amide bonds. The molecule has 44 nitrogen and oxygen atoms in total. The summed E-state index contributed by atoms with van der Waals surface area (Å²) in [5, 5.41) is 68.0. The van der Waals surface area contributed by atoms with Gasteiger partial charge in [-0.25, -0.2) is 9.59 Å². The largest absolute Gasteiger partial charge is 0.481 e. The van der Waals surface area contributed by atoms with Crippen molar-refractivity contribution in [2.75, 3.05) is 33.8 Å². The predicted octanol–water partition coefficient (Wildman–Crippen LogP) is -7.07. The van der Waals surface area contributed by atoms with E-state index in [0.717, 1.165) is 60.1 Å². The number of ether oxygens (including phenoxy) is 2. The summed E-state index contributed by atoms with van der Waals surface area (Å²) in [6.07, 6.45) is -5.16. The number of carbonyl (C=O) groups is 20. The first-order chi connectivity index (χ1) is 54.2. The Morgan fingerprint density at radius 3 is 1.78 bits per heavy atom. The van der Waals surface area contributed by atoms with Gasteiger partial charge in [0.05, 0.1) is 32.4 Å². The highest BCUT2D eigenvalue weighted by atomic mass is 16.5. The lowest BCUT2D eigenvalue weighted by molar-refractivity contribution is -0.159. The number of hydrogen-bond donors (Lipinski definition) is 21. The summed E-state index contributed by atoms with van der Waals surface area (Å²) in [6, 6.07) is -15.8. The van der Waals surface area contributed by atoms with Gasteiger partial charge >= 0.3 is 23.9 Å². The molecule has 0 radical (unpaired) electrons. The minimum atomic E-state index is -2.80. The number of carboxylic acid groups (broad SMARTS) is 3. The number of hydrogen-bond acceptors (Lipinski definition) is 24. The molecule has 1 aromatic heterocycles. The van der Waals surface area contributed by atoms with Crippen molar-refractivity contribution in [3.63, 3.8) is 0 Å². The summed E-state index contributed by atoms with van der Waals surface area (Å²) in [4.78, 5) is 277. The monoisotopic (exact) mass is 1630 g/mol. The van der Waals surface area contributed by atoms with Gasteiger partial charge in [-0.1, -0.05) is 83.9 Å². The number of unbranched alkanes of at least 4 members (excludes halogenated alkanes) is 7. The Morgan fingerprint density at radius 1 is 0.626 bits per heavy atom. The molecule has 15 atom stereocenters. The molecule has 0 spiro atoms. The first kappa shape index (κ1) is 97.2. The zero-order chi connectivity index (χ0) is 86.5. The smallest absolute Gasteiger partial charge is 0.335 e. The second-order valence-electron chi connectivity index (χ2n) is 27.6. The number of H-pyrrole nitrogens is 1. The van der Waals surface area contributed by atoms with Crippen molar-refractivity contribution >= 4 is 129 Å². The van der Waals surface area contributed by atoms with Crippen LogP contribution >= 0.6 is 0 Å². The first-order valence-corrected chi connectivity index (χ1v) is 37.2. The molecule has 3 rings (SSSR count). The number of aliphatic hydroxyl groups is 1. The average molecular weight is 1630 g/mol. The number of aliphatic carboxylic acids is 3. The van der Waals surface area contributed by atoms with Crippen LogP contribution in [0.5, 0.6) is 0 Å². The SMILES string of the molecule is CCCCCCCCCC(=O)NC(Cc1c[nH]c2ccccc12)C(=O)NC(CC(N)=O)C(=O)NC(C(=O)NC1C(=O)N(C)CC(=O)NC(C)C(=O)NC(CC(=O)O)C(=O)NC(CCCCN)C(=O)NC(C(OC)C(=O)O)C(=O)NCC(=O)NC(CC(N)=O)C(=O)NC(CCC(=O)O)C(=O)NC(C(C)CC)C(=O)OC1C)C(O)C(N)=O. The van der Waals surface area contributed by atoms with E-state index in [2.05, 4.69) is 65.1 Å². The molecule has 2 aromatic rings. The summed E-state index contributed by atoms with van der Waals surface area (Å²) < 4.78 is 10.7. The van der Waals surface area contributed by atoms with Crippen LogP contribution in [0.25, 0.3) is 10.9 Å². The van der Waals surface area contributed by atoms with Crippen LogP contribution in [0.3, 0.4) is 0 Å². The van der Waals surface area contributed by atoms with Gasteiger partial charge in [0, 0.05) is 50.5 Å². The minimum absolute atomic E-state index is 0.00777. The second kappa shape index (κ2) is 48.8. The highest BCUT2D eigenvalue weighted by molar-refractivity contribution is 6.03. The van der Waals surface area contributed by atoms with E-state index < -0.39 is 254 Å². The van der Waals surface area contributed by atoms with Crippen LogP contribution in [0.15, 0.2) is 30.5 Å². The zero-order valence-electron chi connectivity index (χ0n) is 64.9. The third kappa shape index (κ3) is 33.0. The number of rotatable bonds is 37. The number of methoxy groups -OCH3 is 1. The number of cyclic esters (lactones) is 1. The lowest BCUT2D eigenvalue weighted by Crippen LogP contribution is -2.64. The maximum Gasteiger partial charge on any atom is 0.335 e. The van der Waals surface area contributed by atoms with Crippen LogP contribution in [0.1, 0.15) is 149 Å². The van der Waals surface area contributed by atoms with Crippen molar-refractivity contribution in [1.82, 2.24) is 73.7 Å². The Kier molecular flexibility index (Phi) is 41.3. The first-order valence-electron chi connectivity index (χ1n) is 37.2. The van der Waals surface area contributed by atoms with Crippen LogP contribution in [0.2, 0.25) is 0 Å². The molecule has 638 valence electrons. The van der Waals surface area contributed by atoms with E-state index in [-0.39, 0.29) is 45.1 Å². The zero-order valence-corrected chi connectivity index (χ0v) is 64.9. The van der Waals surface area contributed by atoms with Gasteiger partial charge in [-0.2, -0.15) is 0 Å². The van der Waals surface area contributed by atoms with E-state index in [4.69, 9.17) is 32.4 Å². The van der Waals surface area contributed by atoms with E-state index in [1.807, 2.05) is 10.6 Å². The topological polar surface area (TPSA) is 708 Å². The Hall–Kier alpha value is -12.0. The number of likely N-dealkylation sites (N-methyl/N-ethyl adjacent to an activating group) is 1. The quantitative estimate of drug-likeness (QED) is 0.0221. The number of amides is 16. The number of aliphatic hydroxyl groups excluding tert-OH is 1. The van der Waals surface area contributed by atoms with Gasteiger partial charge in [-0.15, -0.1) is 0 Å². The number of primary amides is 3. The maximum atomic E-state index is 15.0. The van der Waals surface area contributed by atoms with E-state index in [9.17, 15) is 116 Å². The van der Waals surface area contributed by atoms with Gasteiger partial charge in [0.1, 0.15) is 72.6 Å². The molecule has 25 N–H and O–H groups in total. The molecule has 1 fully saturated rings. The molecule has 115 heavy (non-hydrogen) atoms. The number of carbonyl (C=O) groups excluding carboxylic acids is 17. The number of para-hydroxylation sites is 1. The van der Waals surface area contributed by atoms with Crippen molar-refractivity contribution in [1.29, 1.82) is 0 Å². The molecule has 2 heterocycles.